The molecule has 2 aliphatic heterocycles. The number of hydrogen-bond acceptors (Lipinski definition) is 8. The summed E-state index contributed by atoms with van der Waals surface area (Å²) < 4.78 is 11.4. The lowest BCUT2D eigenvalue weighted by Crippen LogP contribution is -2.42. The van der Waals surface area contributed by atoms with Crippen molar-refractivity contribution in [1.29, 1.82) is 0 Å². The quantitative estimate of drug-likeness (QED) is 0.620. The molecule has 2 aromatic rings. The van der Waals surface area contributed by atoms with Crippen LogP contribution in [0.4, 0.5) is 11.4 Å². The van der Waals surface area contributed by atoms with Crippen molar-refractivity contribution in [2.75, 3.05) is 49.2 Å². The standard InChI is InChI=1S/C24H32N6O2/c1-3-29(21-11-7-5-8-12-21)15-19-17-31-23(25-19)27-28-24-26-20(18-32-24)16-30(4-2)22-13-9-6-10-14-22/h5-14,19-20H,3-4,15-18H2,1-2H3,(H,25,27)(H,26,28). The van der Waals surface area contributed by atoms with Crippen LogP contribution < -0.4 is 20.7 Å². The van der Waals surface area contributed by atoms with E-state index in [2.05, 4.69) is 93.0 Å². The fourth-order valence-electron chi connectivity index (χ4n) is 3.88. The van der Waals surface area contributed by atoms with Crippen molar-refractivity contribution in [2.45, 2.75) is 25.9 Å². The number of hydrogen-bond donors (Lipinski definition) is 2. The smallest absolute Gasteiger partial charge is 0.304 e. The Hall–Kier alpha value is -3.42. The monoisotopic (exact) mass is 436 g/mol. The highest BCUT2D eigenvalue weighted by Gasteiger charge is 2.24. The lowest BCUT2D eigenvalue weighted by Gasteiger charge is -2.24. The minimum atomic E-state index is 0.0719. The fraction of sp³-hybridized carbons (Fsp3) is 0.417. The van der Waals surface area contributed by atoms with E-state index in [0.29, 0.717) is 25.3 Å². The molecule has 0 aromatic heterocycles. The van der Waals surface area contributed by atoms with E-state index in [1.54, 1.807) is 0 Å². The van der Waals surface area contributed by atoms with Gasteiger partial charge in [0, 0.05) is 37.6 Å². The van der Waals surface area contributed by atoms with E-state index in [4.69, 9.17) is 9.47 Å². The lowest BCUT2D eigenvalue weighted by molar-refractivity contribution is 0.288. The summed E-state index contributed by atoms with van der Waals surface area (Å²) in [7, 11) is 0. The molecule has 4 rings (SSSR count). The average molecular weight is 437 g/mol. The van der Waals surface area contributed by atoms with Crippen LogP contribution in [0.15, 0.2) is 70.6 Å². The molecule has 170 valence electrons. The normalized spacial score (nSPS) is 19.4. The second kappa shape index (κ2) is 10.7. The Bertz CT molecular complexity index is 830. The predicted molar refractivity (Wildman–Crippen MR) is 129 cm³/mol. The van der Waals surface area contributed by atoms with Gasteiger partial charge in [0.15, 0.2) is 0 Å². The van der Waals surface area contributed by atoms with Gasteiger partial charge in [-0.3, -0.25) is 0 Å². The first kappa shape index (κ1) is 21.8. The van der Waals surface area contributed by atoms with Crippen molar-refractivity contribution >= 4 is 23.4 Å². The molecule has 2 heterocycles. The van der Waals surface area contributed by atoms with Crippen LogP contribution >= 0.6 is 0 Å². The molecule has 2 atom stereocenters. The van der Waals surface area contributed by atoms with Crippen molar-refractivity contribution in [1.82, 2.24) is 10.9 Å². The number of amidine groups is 2. The van der Waals surface area contributed by atoms with Gasteiger partial charge in [-0.25, -0.2) is 20.8 Å². The Kier molecular flexibility index (Phi) is 7.32. The van der Waals surface area contributed by atoms with Gasteiger partial charge in [-0.05, 0) is 38.1 Å². The van der Waals surface area contributed by atoms with Gasteiger partial charge in [-0.1, -0.05) is 36.4 Å². The molecular weight excluding hydrogens is 404 g/mol. The van der Waals surface area contributed by atoms with Gasteiger partial charge in [0.25, 0.3) is 0 Å². The highest BCUT2D eigenvalue weighted by Crippen LogP contribution is 2.17. The van der Waals surface area contributed by atoms with Crippen LogP contribution in [0.1, 0.15) is 13.8 Å². The van der Waals surface area contributed by atoms with Gasteiger partial charge in [-0.2, -0.15) is 0 Å². The van der Waals surface area contributed by atoms with E-state index in [0.717, 1.165) is 26.2 Å². The Morgan fingerprint density at radius 1 is 0.719 bits per heavy atom. The van der Waals surface area contributed by atoms with E-state index in [1.165, 1.54) is 11.4 Å². The van der Waals surface area contributed by atoms with Gasteiger partial charge < -0.3 is 19.3 Å². The van der Waals surface area contributed by atoms with Crippen LogP contribution in [0.2, 0.25) is 0 Å². The number of benzene rings is 2. The number of aliphatic imine (C=N–C) groups is 2. The largest absolute Gasteiger partial charge is 0.462 e. The van der Waals surface area contributed by atoms with Crippen molar-refractivity contribution in [3.05, 3.63) is 60.7 Å². The topological polar surface area (TPSA) is 73.7 Å². The molecule has 2 aromatic carbocycles. The summed E-state index contributed by atoms with van der Waals surface area (Å²) in [5, 5.41) is 0. The van der Waals surface area contributed by atoms with Crippen molar-refractivity contribution in [3.63, 3.8) is 0 Å². The number of ether oxygens (including phenoxy) is 2. The van der Waals surface area contributed by atoms with E-state index < -0.39 is 0 Å². The summed E-state index contributed by atoms with van der Waals surface area (Å²) in [5.41, 5.74) is 8.38. The Balaban J connectivity index is 1.26. The zero-order valence-electron chi connectivity index (χ0n) is 18.8. The third kappa shape index (κ3) is 5.63. The number of likely N-dealkylation sites (N-methyl/N-ethyl adjacent to an activating group) is 2. The Labute approximate surface area is 189 Å². The molecular formula is C24H32N6O2. The first-order chi connectivity index (χ1) is 15.7. The molecule has 8 heteroatoms. The molecule has 0 spiro atoms. The second-order valence-corrected chi connectivity index (χ2v) is 7.80. The summed E-state index contributed by atoms with van der Waals surface area (Å²) in [6, 6.07) is 21.8. The highest BCUT2D eigenvalue weighted by molar-refractivity contribution is 5.81. The maximum absolute atomic E-state index is 5.70. The van der Waals surface area contributed by atoms with Crippen LogP contribution in [-0.2, 0) is 9.47 Å². The number of rotatable bonds is 8. The molecule has 32 heavy (non-hydrogen) atoms. The molecule has 2 N–H and O–H groups in total. The van der Waals surface area contributed by atoms with E-state index in [1.807, 2.05) is 12.1 Å². The van der Waals surface area contributed by atoms with Gasteiger partial charge >= 0.3 is 12.0 Å². The van der Waals surface area contributed by atoms with Crippen LogP contribution in [0.3, 0.4) is 0 Å². The summed E-state index contributed by atoms with van der Waals surface area (Å²) in [5.74, 6) is 0. The van der Waals surface area contributed by atoms with Gasteiger partial charge in [-0.15, -0.1) is 0 Å². The Morgan fingerprint density at radius 2 is 1.12 bits per heavy atom. The second-order valence-electron chi connectivity index (χ2n) is 7.80. The predicted octanol–water partition coefficient (Wildman–Crippen LogP) is 2.64. The van der Waals surface area contributed by atoms with Gasteiger partial charge in [0.1, 0.15) is 25.3 Å². The number of nitrogens with one attached hydrogen (secondary N) is 2. The number of nitrogens with zero attached hydrogens (tertiary/aromatic N) is 4. The average Bonchev–Trinajstić information content (AvgIpc) is 3.50. The van der Waals surface area contributed by atoms with E-state index in [9.17, 15) is 0 Å². The summed E-state index contributed by atoms with van der Waals surface area (Å²) >= 11 is 0. The van der Waals surface area contributed by atoms with Crippen LogP contribution in [0.25, 0.3) is 0 Å². The highest BCUT2D eigenvalue weighted by atomic mass is 16.5. The van der Waals surface area contributed by atoms with Gasteiger partial charge in [0.2, 0.25) is 0 Å². The van der Waals surface area contributed by atoms with Crippen molar-refractivity contribution in [2.24, 2.45) is 9.98 Å². The van der Waals surface area contributed by atoms with E-state index >= 15 is 0 Å². The lowest BCUT2D eigenvalue weighted by atomic mass is 10.2. The molecule has 0 fully saturated rings. The van der Waals surface area contributed by atoms with Crippen molar-refractivity contribution < 1.29 is 9.47 Å². The third-order valence-electron chi connectivity index (χ3n) is 5.57. The molecule has 0 saturated heterocycles. The zero-order valence-corrected chi connectivity index (χ0v) is 18.8. The summed E-state index contributed by atoms with van der Waals surface area (Å²) in [6.07, 6.45) is 0. The fourth-order valence-corrected chi connectivity index (χ4v) is 3.88. The first-order valence-corrected chi connectivity index (χ1v) is 11.3. The van der Waals surface area contributed by atoms with Gasteiger partial charge in [0.05, 0.1) is 0 Å². The van der Waals surface area contributed by atoms with Crippen LogP contribution in [-0.4, -0.2) is 63.5 Å². The van der Waals surface area contributed by atoms with Crippen molar-refractivity contribution in [3.8, 4) is 0 Å². The minimum absolute atomic E-state index is 0.0719. The molecule has 2 unspecified atom stereocenters. The molecule has 0 amide bonds. The number of hydrazine groups is 1. The molecule has 8 nitrogen and oxygen atoms in total. The Morgan fingerprint density at radius 3 is 1.50 bits per heavy atom. The molecule has 0 bridgehead atoms. The SMILES string of the molecule is CCN(CC1COC(NNC2=NC(CN(CC)c3ccccc3)CO2)=N1)c1ccccc1. The molecule has 0 radical (unpaired) electrons. The van der Waals surface area contributed by atoms with Crippen LogP contribution in [0.5, 0.6) is 0 Å². The number of anilines is 2. The molecule has 0 saturated carbocycles. The molecule has 0 aliphatic carbocycles. The first-order valence-electron chi connectivity index (χ1n) is 11.3. The molecule has 2 aliphatic rings. The maximum Gasteiger partial charge on any atom is 0.304 e. The number of para-hydroxylation sites is 2. The minimum Gasteiger partial charge on any atom is -0.462 e. The maximum atomic E-state index is 5.70. The van der Waals surface area contributed by atoms with Crippen LogP contribution in [0, 0.1) is 0 Å². The zero-order chi connectivity index (χ0) is 22.2. The third-order valence-corrected chi connectivity index (χ3v) is 5.57. The summed E-state index contributed by atoms with van der Waals surface area (Å²) in [6.45, 7) is 8.84. The summed E-state index contributed by atoms with van der Waals surface area (Å²) in [4.78, 5) is 13.9. The van der Waals surface area contributed by atoms with E-state index in [-0.39, 0.29) is 12.1 Å².